The molecule has 1 rings (SSSR count). The molecular weight excluding hydrogens is 142 g/mol. The second kappa shape index (κ2) is 3.07. The van der Waals surface area contributed by atoms with E-state index in [-0.39, 0.29) is 12.6 Å². The molecule has 0 amide bonds. The Morgan fingerprint density at radius 3 is 2.64 bits per heavy atom. The summed E-state index contributed by atoms with van der Waals surface area (Å²) < 4.78 is 5.28. The summed E-state index contributed by atoms with van der Waals surface area (Å²) in [7, 11) is 0. The van der Waals surface area contributed by atoms with Crippen molar-refractivity contribution in [1.82, 2.24) is 0 Å². The standard InChI is InChI=1S/C8H13NO2/c1-5-3-8(7(9)4-10)11-6(5)2/h3,7,10H,4,9H2,1-2H3. The molecule has 1 heterocycles. The maximum Gasteiger partial charge on any atom is 0.123 e. The van der Waals surface area contributed by atoms with E-state index in [1.54, 1.807) is 0 Å². The molecule has 11 heavy (non-hydrogen) atoms. The number of nitrogens with two attached hydrogens (primary N) is 1. The van der Waals surface area contributed by atoms with E-state index in [1.165, 1.54) is 0 Å². The third-order valence-electron chi connectivity index (χ3n) is 1.75. The lowest BCUT2D eigenvalue weighted by molar-refractivity contribution is 0.250. The van der Waals surface area contributed by atoms with Crippen LogP contribution in [-0.4, -0.2) is 11.7 Å². The Hall–Kier alpha value is -0.800. The molecule has 3 heteroatoms. The van der Waals surface area contributed by atoms with Crippen molar-refractivity contribution in [2.45, 2.75) is 19.9 Å². The molecule has 0 spiro atoms. The monoisotopic (exact) mass is 155 g/mol. The summed E-state index contributed by atoms with van der Waals surface area (Å²) in [6.07, 6.45) is 0. The lowest BCUT2D eigenvalue weighted by atomic mass is 10.2. The van der Waals surface area contributed by atoms with Crippen LogP contribution in [0.2, 0.25) is 0 Å². The summed E-state index contributed by atoms with van der Waals surface area (Å²) >= 11 is 0. The van der Waals surface area contributed by atoms with E-state index in [0.717, 1.165) is 11.3 Å². The minimum absolute atomic E-state index is 0.0770. The van der Waals surface area contributed by atoms with Crippen molar-refractivity contribution < 1.29 is 9.52 Å². The van der Waals surface area contributed by atoms with Crippen molar-refractivity contribution >= 4 is 0 Å². The maximum absolute atomic E-state index is 8.70. The van der Waals surface area contributed by atoms with Gasteiger partial charge in [-0.05, 0) is 25.5 Å². The minimum atomic E-state index is -0.387. The zero-order chi connectivity index (χ0) is 8.43. The van der Waals surface area contributed by atoms with Crippen molar-refractivity contribution in [3.8, 4) is 0 Å². The van der Waals surface area contributed by atoms with Gasteiger partial charge in [0, 0.05) is 0 Å². The van der Waals surface area contributed by atoms with Gasteiger partial charge in [0.05, 0.1) is 12.6 Å². The fourth-order valence-electron chi connectivity index (χ4n) is 0.874. The van der Waals surface area contributed by atoms with Gasteiger partial charge in [0.15, 0.2) is 0 Å². The first-order valence-corrected chi connectivity index (χ1v) is 3.58. The highest BCUT2D eigenvalue weighted by atomic mass is 16.3. The van der Waals surface area contributed by atoms with Gasteiger partial charge in [-0.3, -0.25) is 0 Å². The lowest BCUT2D eigenvalue weighted by Crippen LogP contribution is -2.13. The van der Waals surface area contributed by atoms with Crippen molar-refractivity contribution in [2.75, 3.05) is 6.61 Å². The quantitative estimate of drug-likeness (QED) is 0.666. The van der Waals surface area contributed by atoms with Gasteiger partial charge >= 0.3 is 0 Å². The van der Waals surface area contributed by atoms with Crippen LogP contribution in [0.1, 0.15) is 23.1 Å². The molecule has 0 bridgehead atoms. The van der Waals surface area contributed by atoms with Crippen LogP contribution in [-0.2, 0) is 0 Å². The van der Waals surface area contributed by atoms with Gasteiger partial charge in [-0.15, -0.1) is 0 Å². The molecule has 3 nitrogen and oxygen atoms in total. The average Bonchev–Trinajstić information content (AvgIpc) is 2.31. The Kier molecular flexibility index (Phi) is 2.31. The van der Waals surface area contributed by atoms with E-state index in [9.17, 15) is 0 Å². The van der Waals surface area contributed by atoms with Gasteiger partial charge in [-0.2, -0.15) is 0 Å². The Labute approximate surface area is 65.8 Å². The molecule has 0 aliphatic carbocycles. The smallest absolute Gasteiger partial charge is 0.123 e. The number of hydrogen-bond acceptors (Lipinski definition) is 3. The van der Waals surface area contributed by atoms with Gasteiger partial charge in [0.1, 0.15) is 11.5 Å². The Morgan fingerprint density at radius 1 is 1.64 bits per heavy atom. The molecule has 62 valence electrons. The van der Waals surface area contributed by atoms with E-state index in [1.807, 2.05) is 19.9 Å². The zero-order valence-corrected chi connectivity index (χ0v) is 6.79. The number of aliphatic hydroxyl groups is 1. The summed E-state index contributed by atoms with van der Waals surface area (Å²) in [4.78, 5) is 0. The molecule has 1 aromatic heterocycles. The van der Waals surface area contributed by atoms with E-state index >= 15 is 0 Å². The number of rotatable bonds is 2. The Morgan fingerprint density at radius 2 is 2.27 bits per heavy atom. The van der Waals surface area contributed by atoms with E-state index in [2.05, 4.69) is 0 Å². The van der Waals surface area contributed by atoms with Gasteiger partial charge in [-0.1, -0.05) is 0 Å². The second-order valence-corrected chi connectivity index (χ2v) is 2.68. The molecule has 0 radical (unpaired) electrons. The van der Waals surface area contributed by atoms with Crippen LogP contribution in [0.3, 0.4) is 0 Å². The third-order valence-corrected chi connectivity index (χ3v) is 1.75. The first kappa shape index (κ1) is 8.30. The summed E-state index contributed by atoms with van der Waals surface area (Å²) in [6, 6.07) is 1.47. The molecule has 1 unspecified atom stereocenters. The predicted octanol–water partition coefficient (Wildman–Crippen LogP) is 0.889. The number of hydrogen-bond donors (Lipinski definition) is 2. The summed E-state index contributed by atoms with van der Waals surface area (Å²) in [6.45, 7) is 3.75. The number of furan rings is 1. The third kappa shape index (κ3) is 1.61. The van der Waals surface area contributed by atoms with Gasteiger partial charge in [0.25, 0.3) is 0 Å². The van der Waals surface area contributed by atoms with E-state index in [4.69, 9.17) is 15.3 Å². The van der Waals surface area contributed by atoms with E-state index in [0.29, 0.717) is 5.76 Å². The largest absolute Gasteiger partial charge is 0.464 e. The zero-order valence-electron chi connectivity index (χ0n) is 6.79. The fraction of sp³-hybridized carbons (Fsp3) is 0.500. The van der Waals surface area contributed by atoms with Crippen LogP contribution in [0.4, 0.5) is 0 Å². The van der Waals surface area contributed by atoms with Gasteiger partial charge in [0.2, 0.25) is 0 Å². The van der Waals surface area contributed by atoms with Crippen molar-refractivity contribution in [1.29, 1.82) is 0 Å². The van der Waals surface area contributed by atoms with Crippen LogP contribution in [0.15, 0.2) is 10.5 Å². The summed E-state index contributed by atoms with van der Waals surface area (Å²) in [5.41, 5.74) is 6.61. The van der Waals surface area contributed by atoms with E-state index < -0.39 is 0 Å². The fourth-order valence-corrected chi connectivity index (χ4v) is 0.874. The highest BCUT2D eigenvalue weighted by Gasteiger charge is 2.10. The lowest BCUT2D eigenvalue weighted by Gasteiger charge is -2.01. The van der Waals surface area contributed by atoms with Crippen LogP contribution in [0.25, 0.3) is 0 Å². The maximum atomic E-state index is 8.70. The van der Waals surface area contributed by atoms with Crippen molar-refractivity contribution in [3.63, 3.8) is 0 Å². The van der Waals surface area contributed by atoms with Crippen LogP contribution in [0.5, 0.6) is 0 Å². The topological polar surface area (TPSA) is 59.4 Å². The molecule has 0 fully saturated rings. The predicted molar refractivity (Wildman–Crippen MR) is 42.2 cm³/mol. The number of aryl methyl sites for hydroxylation is 2. The molecule has 1 aromatic rings. The molecule has 0 saturated heterocycles. The van der Waals surface area contributed by atoms with Crippen LogP contribution < -0.4 is 5.73 Å². The van der Waals surface area contributed by atoms with Crippen LogP contribution >= 0.6 is 0 Å². The molecule has 0 saturated carbocycles. The van der Waals surface area contributed by atoms with Crippen molar-refractivity contribution in [3.05, 3.63) is 23.2 Å². The Bertz CT molecular complexity index is 223. The van der Waals surface area contributed by atoms with Crippen LogP contribution in [0, 0.1) is 13.8 Å². The first-order chi connectivity index (χ1) is 5.15. The van der Waals surface area contributed by atoms with Gasteiger partial charge in [-0.25, -0.2) is 0 Å². The molecular formula is C8H13NO2. The molecule has 0 aromatic carbocycles. The summed E-state index contributed by atoms with van der Waals surface area (Å²) in [5, 5.41) is 8.70. The minimum Gasteiger partial charge on any atom is -0.464 e. The number of aliphatic hydroxyl groups excluding tert-OH is 1. The normalized spacial score (nSPS) is 13.5. The molecule has 3 N–H and O–H groups in total. The second-order valence-electron chi connectivity index (χ2n) is 2.68. The average molecular weight is 155 g/mol. The highest BCUT2D eigenvalue weighted by molar-refractivity contribution is 5.20. The molecule has 1 atom stereocenters. The Balaban J connectivity index is 2.88. The first-order valence-electron chi connectivity index (χ1n) is 3.58. The van der Waals surface area contributed by atoms with Gasteiger partial charge < -0.3 is 15.3 Å². The summed E-state index contributed by atoms with van der Waals surface area (Å²) in [5.74, 6) is 1.52. The SMILES string of the molecule is Cc1cc(C(N)CO)oc1C. The highest BCUT2D eigenvalue weighted by Crippen LogP contribution is 2.17. The van der Waals surface area contributed by atoms with Crippen molar-refractivity contribution in [2.24, 2.45) is 5.73 Å². The molecule has 0 aliphatic heterocycles. The molecule has 0 aliphatic rings.